The zero-order valence-electron chi connectivity index (χ0n) is 15.3. The zero-order chi connectivity index (χ0) is 18.4. The molecule has 1 aliphatic rings. The van der Waals surface area contributed by atoms with Gasteiger partial charge in [-0.25, -0.2) is 9.98 Å². The molecule has 0 radical (unpaired) electrons. The van der Waals surface area contributed by atoms with Gasteiger partial charge in [-0.2, -0.15) is 13.2 Å². The normalized spacial score (nSPS) is 18.7. The molecule has 1 aromatic heterocycles. The fraction of sp³-hybridized carbons (Fsp3) is 0.750. The summed E-state index contributed by atoms with van der Waals surface area (Å²) in [5.41, 5.74) is -0.842. The van der Waals surface area contributed by atoms with Crippen molar-refractivity contribution in [1.29, 1.82) is 0 Å². The second-order valence-electron chi connectivity index (χ2n) is 6.10. The highest BCUT2D eigenvalue weighted by Gasteiger charge is 2.33. The van der Waals surface area contributed by atoms with Crippen LogP contribution in [0.4, 0.5) is 13.2 Å². The average Bonchev–Trinajstić information content (AvgIpc) is 3.19. The maximum Gasteiger partial charge on any atom is 0.434 e. The fourth-order valence-corrected chi connectivity index (χ4v) is 3.77. The molecule has 0 bridgehead atoms. The molecule has 1 N–H and O–H groups in total. The van der Waals surface area contributed by atoms with Crippen LogP contribution >= 0.6 is 35.3 Å². The Hall–Kier alpha value is -0.620. The minimum Gasteiger partial charge on any atom is -0.357 e. The minimum absolute atomic E-state index is 0. The van der Waals surface area contributed by atoms with E-state index in [2.05, 4.69) is 32.0 Å². The Labute approximate surface area is 174 Å². The lowest BCUT2D eigenvalue weighted by Crippen LogP contribution is -2.45. The van der Waals surface area contributed by atoms with E-state index < -0.39 is 11.9 Å². The largest absolute Gasteiger partial charge is 0.434 e. The number of nitrogens with zero attached hydrogens (tertiary/aromatic N) is 4. The Morgan fingerprint density at radius 3 is 2.77 bits per heavy atom. The number of aliphatic imine (C=N–C) groups is 1. The molecular weight excluding hydrogens is 478 g/mol. The van der Waals surface area contributed by atoms with Gasteiger partial charge in [0.15, 0.2) is 11.7 Å². The lowest BCUT2D eigenvalue weighted by Gasteiger charge is -2.29. The van der Waals surface area contributed by atoms with Crippen LogP contribution in [0.1, 0.15) is 37.4 Å². The van der Waals surface area contributed by atoms with Gasteiger partial charge in [0.1, 0.15) is 5.01 Å². The highest BCUT2D eigenvalue weighted by atomic mass is 127. The van der Waals surface area contributed by atoms with Crippen molar-refractivity contribution in [3.63, 3.8) is 0 Å². The Morgan fingerprint density at radius 1 is 1.46 bits per heavy atom. The van der Waals surface area contributed by atoms with E-state index in [4.69, 9.17) is 0 Å². The second kappa shape index (κ2) is 10.6. The van der Waals surface area contributed by atoms with Gasteiger partial charge in [-0.3, -0.25) is 4.90 Å². The second-order valence-corrected chi connectivity index (χ2v) is 7.04. The van der Waals surface area contributed by atoms with E-state index in [9.17, 15) is 13.2 Å². The highest BCUT2D eigenvalue weighted by Crippen LogP contribution is 2.30. The third-order valence-electron chi connectivity index (χ3n) is 4.29. The van der Waals surface area contributed by atoms with E-state index in [-0.39, 0.29) is 30.5 Å². The summed E-state index contributed by atoms with van der Waals surface area (Å²) in [7, 11) is 1.97. The summed E-state index contributed by atoms with van der Waals surface area (Å²) in [4.78, 5) is 12.6. The van der Waals surface area contributed by atoms with Crippen LogP contribution in [0.5, 0.6) is 0 Å². The number of thiazole rings is 1. The van der Waals surface area contributed by atoms with Gasteiger partial charge in [-0.05, 0) is 32.9 Å². The molecule has 0 amide bonds. The molecule has 2 heterocycles. The number of nitrogens with one attached hydrogen (secondary N) is 1. The van der Waals surface area contributed by atoms with Gasteiger partial charge in [-0.1, -0.05) is 6.92 Å². The first-order valence-electron chi connectivity index (χ1n) is 8.60. The molecule has 150 valence electrons. The molecule has 10 heteroatoms. The van der Waals surface area contributed by atoms with Crippen LogP contribution in [0, 0.1) is 0 Å². The number of likely N-dealkylation sites (tertiary alicyclic amines) is 1. The molecule has 1 unspecified atom stereocenters. The predicted molar refractivity (Wildman–Crippen MR) is 110 cm³/mol. The predicted octanol–water partition coefficient (Wildman–Crippen LogP) is 3.66. The summed E-state index contributed by atoms with van der Waals surface area (Å²) in [6.45, 7) is 8.01. The zero-order valence-corrected chi connectivity index (χ0v) is 18.5. The van der Waals surface area contributed by atoms with Crippen LogP contribution in [0.2, 0.25) is 0 Å². The smallest absolute Gasteiger partial charge is 0.357 e. The molecule has 0 spiro atoms. The summed E-state index contributed by atoms with van der Waals surface area (Å²) in [5, 5.41) is 4.62. The van der Waals surface area contributed by atoms with Gasteiger partial charge in [0.05, 0.1) is 6.54 Å². The van der Waals surface area contributed by atoms with E-state index in [0.29, 0.717) is 23.6 Å². The van der Waals surface area contributed by atoms with Crippen LogP contribution in [-0.4, -0.2) is 60.0 Å². The number of aromatic nitrogens is 1. The van der Waals surface area contributed by atoms with Crippen LogP contribution in [0.25, 0.3) is 0 Å². The SMILES string of the molecule is CCNC(=NCc1nc(C(F)(F)F)cs1)N(C)CC1CCCN1CC.I. The van der Waals surface area contributed by atoms with Crippen molar-refractivity contribution in [3.8, 4) is 0 Å². The highest BCUT2D eigenvalue weighted by molar-refractivity contribution is 14.0. The van der Waals surface area contributed by atoms with Crippen LogP contribution in [0.15, 0.2) is 10.4 Å². The van der Waals surface area contributed by atoms with E-state index in [1.54, 1.807) is 0 Å². The Morgan fingerprint density at radius 2 is 2.19 bits per heavy atom. The van der Waals surface area contributed by atoms with Crippen molar-refractivity contribution in [3.05, 3.63) is 16.1 Å². The van der Waals surface area contributed by atoms with Crippen LogP contribution in [0.3, 0.4) is 0 Å². The van der Waals surface area contributed by atoms with Gasteiger partial charge in [0.25, 0.3) is 0 Å². The third-order valence-corrected chi connectivity index (χ3v) is 5.13. The van der Waals surface area contributed by atoms with Crippen molar-refractivity contribution in [2.75, 3.05) is 33.2 Å². The third kappa shape index (κ3) is 6.52. The molecule has 1 aromatic rings. The van der Waals surface area contributed by atoms with Crippen molar-refractivity contribution >= 4 is 41.3 Å². The maximum atomic E-state index is 12.6. The molecule has 0 aromatic carbocycles. The van der Waals surface area contributed by atoms with Gasteiger partial charge in [0.2, 0.25) is 0 Å². The lowest BCUT2D eigenvalue weighted by molar-refractivity contribution is -0.140. The molecule has 1 fully saturated rings. The molecule has 0 saturated carbocycles. The number of rotatable bonds is 6. The number of likely N-dealkylation sites (N-methyl/N-ethyl adjacent to an activating group) is 2. The molecule has 1 atom stereocenters. The molecular formula is C16H27F3IN5S. The van der Waals surface area contributed by atoms with Crippen molar-refractivity contribution < 1.29 is 13.2 Å². The summed E-state index contributed by atoms with van der Waals surface area (Å²) < 4.78 is 37.9. The van der Waals surface area contributed by atoms with Gasteiger partial charge < -0.3 is 10.2 Å². The molecule has 0 aliphatic carbocycles. The maximum absolute atomic E-state index is 12.6. The summed E-state index contributed by atoms with van der Waals surface area (Å²) >= 11 is 0.992. The number of alkyl halides is 3. The number of halogens is 4. The first-order chi connectivity index (χ1) is 11.8. The van der Waals surface area contributed by atoms with E-state index in [0.717, 1.165) is 36.4 Å². The van der Waals surface area contributed by atoms with Crippen molar-refractivity contribution in [2.45, 2.75) is 45.5 Å². The van der Waals surface area contributed by atoms with E-state index >= 15 is 0 Å². The minimum atomic E-state index is -4.40. The average molecular weight is 505 g/mol. The van der Waals surface area contributed by atoms with Gasteiger partial charge in [-0.15, -0.1) is 35.3 Å². The van der Waals surface area contributed by atoms with Crippen LogP contribution in [-0.2, 0) is 12.7 Å². The summed E-state index contributed by atoms with van der Waals surface area (Å²) in [6, 6.07) is 0.496. The molecule has 2 rings (SSSR count). The quantitative estimate of drug-likeness (QED) is 0.364. The molecule has 26 heavy (non-hydrogen) atoms. The Balaban J connectivity index is 0.00000338. The monoisotopic (exact) mass is 505 g/mol. The Bertz CT molecular complexity index is 578. The fourth-order valence-electron chi connectivity index (χ4n) is 3.05. The van der Waals surface area contributed by atoms with Gasteiger partial charge >= 0.3 is 6.18 Å². The van der Waals surface area contributed by atoms with Crippen molar-refractivity contribution in [2.24, 2.45) is 4.99 Å². The first kappa shape index (κ1) is 23.4. The number of guanidine groups is 1. The van der Waals surface area contributed by atoms with E-state index in [1.165, 1.54) is 12.8 Å². The molecule has 5 nitrogen and oxygen atoms in total. The lowest BCUT2D eigenvalue weighted by atomic mass is 10.2. The van der Waals surface area contributed by atoms with Gasteiger partial charge in [0, 0.05) is 31.6 Å². The number of hydrogen-bond acceptors (Lipinski definition) is 4. The Kier molecular flexibility index (Phi) is 9.59. The summed E-state index contributed by atoms with van der Waals surface area (Å²) in [6.07, 6.45) is -2.02. The topological polar surface area (TPSA) is 43.8 Å². The number of hydrogen-bond donors (Lipinski definition) is 1. The summed E-state index contributed by atoms with van der Waals surface area (Å²) in [5.74, 6) is 0.703. The van der Waals surface area contributed by atoms with E-state index in [1.807, 2.05) is 14.0 Å². The van der Waals surface area contributed by atoms with Crippen molar-refractivity contribution in [1.82, 2.24) is 20.1 Å². The molecule has 1 aliphatic heterocycles. The molecule has 1 saturated heterocycles. The standard InChI is InChI=1S/C16H26F3N5S.HI/c1-4-20-15(23(3)10-12-7-6-8-24(12)5-2)21-9-14-22-13(11-25-14)16(17,18)19;/h11-12H,4-10H2,1-3H3,(H,20,21);1H. The van der Waals surface area contributed by atoms with Crippen LogP contribution < -0.4 is 5.32 Å². The first-order valence-corrected chi connectivity index (χ1v) is 9.48.